The lowest BCUT2D eigenvalue weighted by Gasteiger charge is -2.10. The van der Waals surface area contributed by atoms with Crippen molar-refractivity contribution in [2.75, 3.05) is 0 Å². The van der Waals surface area contributed by atoms with E-state index in [0.717, 1.165) is 0 Å². The zero-order valence-corrected chi connectivity index (χ0v) is 13.4. The van der Waals surface area contributed by atoms with Gasteiger partial charge in [-0.2, -0.15) is 4.57 Å². The van der Waals surface area contributed by atoms with Crippen molar-refractivity contribution in [3.8, 4) is 5.69 Å². The average molecular weight is 294 g/mol. The molecule has 0 bridgehead atoms. The standard InChI is InChI=1S/C16H20NS.ClH/c1-11-8-12(2)16(13(3)9-11)17-10-18-15-7-5-4-6-14(15)17;/h8-10H,4-7H2,1-3H3;1H/q+1;/p-1. The van der Waals surface area contributed by atoms with Crippen LogP contribution in [-0.4, -0.2) is 0 Å². The maximum Gasteiger partial charge on any atom is 0.231 e. The molecule has 3 rings (SSSR count). The van der Waals surface area contributed by atoms with E-state index in [0.29, 0.717) is 0 Å². The van der Waals surface area contributed by atoms with Gasteiger partial charge in [-0.3, -0.25) is 0 Å². The minimum Gasteiger partial charge on any atom is -1.00 e. The van der Waals surface area contributed by atoms with Crippen molar-refractivity contribution in [3.05, 3.63) is 44.9 Å². The van der Waals surface area contributed by atoms with E-state index in [-0.39, 0.29) is 12.4 Å². The molecular weight excluding hydrogens is 274 g/mol. The van der Waals surface area contributed by atoms with E-state index in [1.54, 1.807) is 10.6 Å². The minimum atomic E-state index is 0. The van der Waals surface area contributed by atoms with Crippen molar-refractivity contribution in [1.82, 2.24) is 0 Å². The fraction of sp³-hybridized carbons (Fsp3) is 0.438. The van der Waals surface area contributed by atoms with Crippen LogP contribution in [0.2, 0.25) is 0 Å². The summed E-state index contributed by atoms with van der Waals surface area (Å²) < 4.78 is 2.45. The van der Waals surface area contributed by atoms with Gasteiger partial charge in [0, 0.05) is 17.5 Å². The number of nitrogens with zero attached hydrogens (tertiary/aromatic N) is 1. The molecule has 0 spiro atoms. The zero-order valence-electron chi connectivity index (χ0n) is 11.8. The molecule has 0 unspecified atom stereocenters. The Bertz CT molecular complexity index is 578. The van der Waals surface area contributed by atoms with Gasteiger partial charge in [0.2, 0.25) is 16.9 Å². The Morgan fingerprint density at radius 2 is 1.63 bits per heavy atom. The summed E-state index contributed by atoms with van der Waals surface area (Å²) in [6.45, 7) is 6.64. The number of rotatable bonds is 1. The number of thiazole rings is 1. The van der Waals surface area contributed by atoms with Crippen LogP contribution in [0.4, 0.5) is 0 Å². The van der Waals surface area contributed by atoms with Crippen LogP contribution in [0.15, 0.2) is 17.6 Å². The molecule has 0 atom stereocenters. The number of hydrogen-bond donors (Lipinski definition) is 0. The fourth-order valence-corrected chi connectivity index (χ4v) is 4.23. The molecule has 0 radical (unpaired) electrons. The molecule has 3 heteroatoms. The van der Waals surface area contributed by atoms with Gasteiger partial charge in [0.05, 0.1) is 4.88 Å². The molecule has 0 N–H and O–H groups in total. The monoisotopic (exact) mass is 293 g/mol. The average Bonchev–Trinajstić information content (AvgIpc) is 2.72. The molecule has 2 aromatic rings. The molecule has 1 aliphatic carbocycles. The molecule has 0 saturated carbocycles. The molecule has 1 heterocycles. The molecule has 1 nitrogen and oxygen atoms in total. The summed E-state index contributed by atoms with van der Waals surface area (Å²) >= 11 is 1.93. The Balaban J connectivity index is 0.00000133. The third kappa shape index (κ3) is 2.56. The predicted molar refractivity (Wildman–Crippen MR) is 76.7 cm³/mol. The van der Waals surface area contributed by atoms with Crippen LogP contribution in [0.25, 0.3) is 5.69 Å². The summed E-state index contributed by atoms with van der Waals surface area (Å²) in [4.78, 5) is 1.60. The highest BCUT2D eigenvalue weighted by Crippen LogP contribution is 2.25. The van der Waals surface area contributed by atoms with Crippen LogP contribution in [0.1, 0.15) is 40.1 Å². The first-order chi connectivity index (χ1) is 8.66. The topological polar surface area (TPSA) is 3.88 Å². The highest BCUT2D eigenvalue weighted by Gasteiger charge is 2.26. The lowest BCUT2D eigenvalue weighted by Crippen LogP contribution is -3.00. The van der Waals surface area contributed by atoms with Gasteiger partial charge >= 0.3 is 0 Å². The first-order valence-corrected chi connectivity index (χ1v) is 7.64. The molecule has 19 heavy (non-hydrogen) atoms. The Kier molecular flexibility index (Phi) is 4.32. The van der Waals surface area contributed by atoms with Crippen LogP contribution in [-0.2, 0) is 12.8 Å². The van der Waals surface area contributed by atoms with Crippen LogP contribution < -0.4 is 17.0 Å². The summed E-state index contributed by atoms with van der Waals surface area (Å²) in [6, 6.07) is 4.59. The third-order valence-electron chi connectivity index (χ3n) is 3.86. The summed E-state index contributed by atoms with van der Waals surface area (Å²) in [5.74, 6) is 0. The molecule has 1 aromatic carbocycles. The van der Waals surface area contributed by atoms with E-state index < -0.39 is 0 Å². The minimum absolute atomic E-state index is 0. The van der Waals surface area contributed by atoms with Gasteiger partial charge in [-0.1, -0.05) is 16.9 Å². The molecule has 0 aliphatic heterocycles. The van der Waals surface area contributed by atoms with E-state index in [9.17, 15) is 0 Å². The number of halogens is 1. The van der Waals surface area contributed by atoms with E-state index >= 15 is 0 Å². The second-order valence-electron chi connectivity index (χ2n) is 5.42. The molecule has 1 aliphatic rings. The SMILES string of the molecule is Cc1cc(C)c(-[n+]2csc3c2CCCC3)c(C)c1.[Cl-]. The highest BCUT2D eigenvalue weighted by atomic mass is 35.5. The van der Waals surface area contributed by atoms with Gasteiger partial charge in [-0.05, 0) is 52.2 Å². The fourth-order valence-electron chi connectivity index (χ4n) is 3.16. The lowest BCUT2D eigenvalue weighted by atomic mass is 10.0. The van der Waals surface area contributed by atoms with E-state index in [1.165, 1.54) is 48.1 Å². The predicted octanol–water partition coefficient (Wildman–Crippen LogP) is 0.833. The van der Waals surface area contributed by atoms with Crippen LogP contribution in [0, 0.1) is 20.8 Å². The van der Waals surface area contributed by atoms with Crippen LogP contribution in [0.5, 0.6) is 0 Å². The molecular formula is C16H20ClNS. The first kappa shape index (κ1) is 14.5. The number of benzene rings is 1. The quantitative estimate of drug-likeness (QED) is 0.686. The van der Waals surface area contributed by atoms with Crippen LogP contribution >= 0.6 is 11.3 Å². The number of hydrogen-bond acceptors (Lipinski definition) is 1. The molecule has 0 fully saturated rings. The summed E-state index contributed by atoms with van der Waals surface area (Å²) in [5.41, 5.74) is 9.41. The van der Waals surface area contributed by atoms with Gasteiger partial charge < -0.3 is 12.4 Å². The van der Waals surface area contributed by atoms with Crippen molar-refractivity contribution >= 4 is 11.3 Å². The Labute approximate surface area is 125 Å². The molecule has 0 saturated heterocycles. The van der Waals surface area contributed by atoms with E-state index in [2.05, 4.69) is 43.0 Å². The second-order valence-corrected chi connectivity index (χ2v) is 6.36. The van der Waals surface area contributed by atoms with Crippen molar-refractivity contribution in [2.45, 2.75) is 46.5 Å². The van der Waals surface area contributed by atoms with E-state index in [1.807, 2.05) is 11.3 Å². The van der Waals surface area contributed by atoms with Crippen molar-refractivity contribution < 1.29 is 17.0 Å². The van der Waals surface area contributed by atoms with Gasteiger partial charge in [0.25, 0.3) is 0 Å². The summed E-state index contributed by atoms with van der Waals surface area (Å²) in [6.07, 6.45) is 5.22. The van der Waals surface area contributed by atoms with E-state index in [4.69, 9.17) is 0 Å². The Hall–Kier alpha value is -0.860. The number of fused-ring (bicyclic) bond motifs is 1. The van der Waals surface area contributed by atoms with Gasteiger partial charge in [-0.15, -0.1) is 0 Å². The second kappa shape index (κ2) is 5.64. The molecule has 1 aromatic heterocycles. The smallest absolute Gasteiger partial charge is 0.231 e. The summed E-state index contributed by atoms with van der Waals surface area (Å²) in [5, 5.41) is 0. The highest BCUT2D eigenvalue weighted by molar-refractivity contribution is 7.09. The molecule has 102 valence electrons. The lowest BCUT2D eigenvalue weighted by molar-refractivity contribution is -0.600. The normalized spacial score (nSPS) is 13.8. The first-order valence-electron chi connectivity index (χ1n) is 6.76. The zero-order chi connectivity index (χ0) is 12.7. The summed E-state index contributed by atoms with van der Waals surface area (Å²) in [7, 11) is 0. The van der Waals surface area contributed by atoms with Crippen molar-refractivity contribution in [3.63, 3.8) is 0 Å². The largest absolute Gasteiger partial charge is 1.00 e. The molecule has 0 amide bonds. The third-order valence-corrected chi connectivity index (χ3v) is 4.90. The van der Waals surface area contributed by atoms with Crippen molar-refractivity contribution in [1.29, 1.82) is 0 Å². The van der Waals surface area contributed by atoms with Gasteiger partial charge in [0.1, 0.15) is 0 Å². The van der Waals surface area contributed by atoms with Crippen molar-refractivity contribution in [2.24, 2.45) is 0 Å². The maximum absolute atomic E-state index is 2.45. The van der Waals surface area contributed by atoms with Gasteiger partial charge in [-0.25, -0.2) is 0 Å². The number of aromatic nitrogens is 1. The Morgan fingerprint density at radius 3 is 2.32 bits per heavy atom. The maximum atomic E-state index is 2.45. The van der Waals surface area contributed by atoms with Crippen LogP contribution in [0.3, 0.4) is 0 Å². The number of aryl methyl sites for hydroxylation is 4. The van der Waals surface area contributed by atoms with Gasteiger partial charge in [0.15, 0.2) is 0 Å². The Morgan fingerprint density at radius 1 is 1.00 bits per heavy atom.